The molecule has 2 aliphatic rings. The van der Waals surface area contributed by atoms with E-state index in [1.54, 1.807) is 23.5 Å². The molecule has 0 amide bonds. The van der Waals surface area contributed by atoms with Crippen LogP contribution in [0.4, 0.5) is 5.69 Å². The topological polar surface area (TPSA) is 85.6 Å². The van der Waals surface area contributed by atoms with Crippen LogP contribution in [0.15, 0.2) is 63.8 Å². The zero-order valence-electron chi connectivity index (χ0n) is 21.6. The molecule has 2 aromatic carbocycles. The van der Waals surface area contributed by atoms with E-state index in [4.69, 9.17) is 19.2 Å². The van der Waals surface area contributed by atoms with Crippen molar-refractivity contribution in [3.05, 3.63) is 58.7 Å². The first-order valence-electron chi connectivity index (χ1n) is 13.0. The molecule has 0 N–H and O–H groups in total. The first-order valence-corrected chi connectivity index (χ1v) is 15.3. The van der Waals surface area contributed by atoms with Crippen molar-refractivity contribution < 1.29 is 22.6 Å². The molecule has 2 aliphatic heterocycles. The van der Waals surface area contributed by atoms with Crippen LogP contribution in [0.2, 0.25) is 0 Å². The Morgan fingerprint density at radius 3 is 2.21 bits per heavy atom. The van der Waals surface area contributed by atoms with Crippen LogP contribution >= 0.6 is 11.3 Å². The van der Waals surface area contributed by atoms with Gasteiger partial charge in [-0.05, 0) is 48.9 Å². The molecule has 1 aromatic heterocycles. The Morgan fingerprint density at radius 1 is 0.895 bits per heavy atom. The Labute approximate surface area is 227 Å². The lowest BCUT2D eigenvalue weighted by molar-refractivity contribution is 0.0363. The molecule has 0 aliphatic carbocycles. The van der Waals surface area contributed by atoms with Gasteiger partial charge in [-0.3, -0.25) is 4.90 Å². The average molecular weight is 559 g/mol. The van der Waals surface area contributed by atoms with Crippen molar-refractivity contribution in [2.45, 2.75) is 18.4 Å². The van der Waals surface area contributed by atoms with E-state index in [0.717, 1.165) is 66.9 Å². The molecule has 0 spiro atoms. The molecule has 38 heavy (non-hydrogen) atoms. The molecule has 5 rings (SSSR count). The number of hydrogen-bond donors (Lipinski definition) is 0. The Bertz CT molecular complexity index is 1360. The van der Waals surface area contributed by atoms with Gasteiger partial charge in [0.25, 0.3) is 0 Å². The summed E-state index contributed by atoms with van der Waals surface area (Å²) in [6.45, 7) is 9.19. The SMILES string of the molecule is CCOc1ccc(N=c2scc(-c3ccc(S(=O)(=O)N4CCOCC4)cc3)n2CCN2CCOCC2)cc1. The van der Waals surface area contributed by atoms with Crippen molar-refractivity contribution in [1.82, 2.24) is 13.8 Å². The summed E-state index contributed by atoms with van der Waals surface area (Å²) in [5, 5.41) is 2.10. The quantitative estimate of drug-likeness (QED) is 0.401. The van der Waals surface area contributed by atoms with Gasteiger partial charge in [0.2, 0.25) is 10.0 Å². The van der Waals surface area contributed by atoms with E-state index in [0.29, 0.717) is 37.8 Å². The Morgan fingerprint density at radius 2 is 1.55 bits per heavy atom. The van der Waals surface area contributed by atoms with E-state index >= 15 is 0 Å². The summed E-state index contributed by atoms with van der Waals surface area (Å²) in [7, 11) is -3.54. The van der Waals surface area contributed by atoms with Gasteiger partial charge in [0.05, 0.1) is 49.3 Å². The van der Waals surface area contributed by atoms with Crippen LogP contribution in [-0.2, 0) is 26.0 Å². The van der Waals surface area contributed by atoms with Crippen molar-refractivity contribution in [1.29, 1.82) is 0 Å². The molecular formula is C27H34N4O5S2. The lowest BCUT2D eigenvalue weighted by atomic mass is 10.2. The van der Waals surface area contributed by atoms with E-state index in [1.165, 1.54) is 4.31 Å². The van der Waals surface area contributed by atoms with Crippen LogP contribution in [0.25, 0.3) is 11.3 Å². The zero-order valence-corrected chi connectivity index (χ0v) is 23.3. The summed E-state index contributed by atoms with van der Waals surface area (Å²) in [5.74, 6) is 0.825. The predicted octanol–water partition coefficient (Wildman–Crippen LogP) is 3.20. The highest BCUT2D eigenvalue weighted by molar-refractivity contribution is 7.89. The van der Waals surface area contributed by atoms with Crippen LogP contribution < -0.4 is 9.54 Å². The van der Waals surface area contributed by atoms with E-state index in [9.17, 15) is 8.42 Å². The third kappa shape index (κ3) is 6.36. The fraction of sp³-hybridized carbons (Fsp3) is 0.444. The molecule has 9 nitrogen and oxygen atoms in total. The van der Waals surface area contributed by atoms with Crippen LogP contribution in [0.5, 0.6) is 5.75 Å². The number of sulfonamides is 1. The number of benzene rings is 2. The smallest absolute Gasteiger partial charge is 0.243 e. The van der Waals surface area contributed by atoms with Crippen LogP contribution in [0, 0.1) is 0 Å². The van der Waals surface area contributed by atoms with E-state index in [-0.39, 0.29) is 0 Å². The van der Waals surface area contributed by atoms with Crippen molar-refractivity contribution in [3.8, 4) is 17.0 Å². The fourth-order valence-corrected chi connectivity index (χ4v) is 6.92. The third-order valence-electron chi connectivity index (χ3n) is 6.67. The lowest BCUT2D eigenvalue weighted by Gasteiger charge is -2.27. The lowest BCUT2D eigenvalue weighted by Crippen LogP contribution is -2.40. The monoisotopic (exact) mass is 558 g/mol. The van der Waals surface area contributed by atoms with Crippen molar-refractivity contribution in [3.63, 3.8) is 0 Å². The maximum absolute atomic E-state index is 13.1. The van der Waals surface area contributed by atoms with Crippen LogP contribution in [0.1, 0.15) is 6.92 Å². The van der Waals surface area contributed by atoms with Gasteiger partial charge >= 0.3 is 0 Å². The fourth-order valence-electron chi connectivity index (χ4n) is 4.56. The van der Waals surface area contributed by atoms with E-state index in [1.807, 2.05) is 43.3 Å². The predicted molar refractivity (Wildman–Crippen MR) is 147 cm³/mol. The zero-order chi connectivity index (χ0) is 26.4. The summed E-state index contributed by atoms with van der Waals surface area (Å²) >= 11 is 1.58. The number of nitrogens with zero attached hydrogens (tertiary/aromatic N) is 4. The van der Waals surface area contributed by atoms with Crippen LogP contribution in [-0.4, -0.2) is 87.9 Å². The van der Waals surface area contributed by atoms with E-state index in [2.05, 4.69) is 14.8 Å². The van der Waals surface area contributed by atoms with Crippen LogP contribution in [0.3, 0.4) is 0 Å². The number of aromatic nitrogens is 1. The second kappa shape index (κ2) is 12.5. The highest BCUT2D eigenvalue weighted by Gasteiger charge is 2.26. The number of hydrogen-bond acceptors (Lipinski definition) is 8. The van der Waals surface area contributed by atoms with Crippen molar-refractivity contribution in [2.24, 2.45) is 4.99 Å². The minimum absolute atomic E-state index is 0.303. The number of thiazole rings is 1. The largest absolute Gasteiger partial charge is 0.494 e. The number of rotatable bonds is 9. The summed E-state index contributed by atoms with van der Waals surface area (Å²) in [4.78, 5) is 8.53. The highest BCUT2D eigenvalue weighted by atomic mass is 32.2. The second-order valence-corrected chi connectivity index (χ2v) is 11.9. The third-order valence-corrected chi connectivity index (χ3v) is 9.45. The molecule has 0 unspecified atom stereocenters. The standard InChI is InChI=1S/C27H34N4O5S2/c1-2-36-24-7-5-23(6-8-24)28-27-31(12-11-29-13-17-34-18-14-29)26(21-37-27)22-3-9-25(10-4-22)38(32,33)30-15-19-35-20-16-30/h3-10,21H,2,11-20H2,1H3. The molecule has 0 bridgehead atoms. The number of ether oxygens (including phenoxy) is 3. The van der Waals surface area contributed by atoms with Gasteiger partial charge in [-0.15, -0.1) is 11.3 Å². The molecule has 2 fully saturated rings. The summed E-state index contributed by atoms with van der Waals surface area (Å²) < 4.78 is 46.3. The Kier molecular flexibility index (Phi) is 8.93. The Hall–Kier alpha value is -2.54. The normalized spacial score (nSPS) is 18.1. The molecule has 0 atom stereocenters. The summed E-state index contributed by atoms with van der Waals surface area (Å²) in [5.41, 5.74) is 2.83. The molecule has 11 heteroatoms. The first kappa shape index (κ1) is 27.0. The van der Waals surface area contributed by atoms with Gasteiger partial charge in [-0.2, -0.15) is 4.31 Å². The minimum Gasteiger partial charge on any atom is -0.494 e. The molecule has 0 saturated carbocycles. The van der Waals surface area contributed by atoms with Gasteiger partial charge in [0.15, 0.2) is 4.80 Å². The molecule has 204 valence electrons. The Balaban J connectivity index is 1.44. The minimum atomic E-state index is -3.54. The van der Waals surface area contributed by atoms with Crippen molar-refractivity contribution >= 4 is 27.0 Å². The first-order chi connectivity index (χ1) is 18.5. The van der Waals surface area contributed by atoms with Gasteiger partial charge in [0.1, 0.15) is 5.75 Å². The summed E-state index contributed by atoms with van der Waals surface area (Å²) in [6, 6.07) is 15.0. The maximum Gasteiger partial charge on any atom is 0.243 e. The number of morpholine rings is 2. The van der Waals surface area contributed by atoms with Gasteiger partial charge in [-0.25, -0.2) is 13.4 Å². The molecule has 3 heterocycles. The average Bonchev–Trinajstić information content (AvgIpc) is 3.36. The molecular weight excluding hydrogens is 524 g/mol. The van der Waals surface area contributed by atoms with Gasteiger partial charge in [0, 0.05) is 44.6 Å². The molecule has 2 saturated heterocycles. The second-order valence-electron chi connectivity index (χ2n) is 9.09. The van der Waals surface area contributed by atoms with E-state index < -0.39 is 10.0 Å². The highest BCUT2D eigenvalue weighted by Crippen LogP contribution is 2.25. The maximum atomic E-state index is 13.1. The summed E-state index contributed by atoms with van der Waals surface area (Å²) in [6.07, 6.45) is 0. The van der Waals surface area contributed by atoms with Gasteiger partial charge < -0.3 is 18.8 Å². The molecule has 3 aromatic rings. The van der Waals surface area contributed by atoms with Crippen molar-refractivity contribution in [2.75, 3.05) is 65.8 Å². The van der Waals surface area contributed by atoms with Gasteiger partial charge in [-0.1, -0.05) is 12.1 Å². The molecule has 0 radical (unpaired) electrons.